The van der Waals surface area contributed by atoms with E-state index in [1.54, 1.807) is 6.92 Å². The van der Waals surface area contributed by atoms with Crippen LogP contribution in [0.5, 0.6) is 5.75 Å². The highest BCUT2D eigenvalue weighted by Crippen LogP contribution is 2.35. The van der Waals surface area contributed by atoms with E-state index in [9.17, 15) is 13.2 Å². The van der Waals surface area contributed by atoms with Gasteiger partial charge in [0.1, 0.15) is 11.9 Å². The van der Waals surface area contributed by atoms with Gasteiger partial charge in [-0.1, -0.05) is 6.07 Å². The lowest BCUT2D eigenvalue weighted by Gasteiger charge is -2.22. The van der Waals surface area contributed by atoms with E-state index in [-0.39, 0.29) is 11.8 Å². The van der Waals surface area contributed by atoms with Crippen molar-refractivity contribution in [3.63, 3.8) is 0 Å². The number of thiophene rings is 1. The molecule has 2 unspecified atom stereocenters. The van der Waals surface area contributed by atoms with Crippen molar-refractivity contribution < 1.29 is 17.9 Å². The van der Waals surface area contributed by atoms with Crippen molar-refractivity contribution >= 4 is 27.3 Å². The molecule has 2 nitrogen and oxygen atoms in total. The second-order valence-corrected chi connectivity index (χ2v) is 7.06. The summed E-state index contributed by atoms with van der Waals surface area (Å²) in [5.41, 5.74) is 5.15. The number of nitrogens with two attached hydrogens (primary N) is 1. The third kappa shape index (κ3) is 4.21. The van der Waals surface area contributed by atoms with Gasteiger partial charge in [-0.05, 0) is 53.2 Å². The van der Waals surface area contributed by atoms with Crippen LogP contribution in [0, 0.1) is 0 Å². The Labute approximate surface area is 132 Å². The molecular formula is C14H13BrF3NOS. The fraction of sp³-hybridized carbons (Fsp3) is 0.286. The lowest BCUT2D eigenvalue weighted by molar-refractivity contribution is -0.137. The number of hydrogen-bond acceptors (Lipinski definition) is 3. The van der Waals surface area contributed by atoms with Crippen LogP contribution in [0.25, 0.3) is 0 Å². The number of ether oxygens (including phenoxy) is 1. The van der Waals surface area contributed by atoms with E-state index in [4.69, 9.17) is 10.5 Å². The highest BCUT2D eigenvalue weighted by molar-refractivity contribution is 9.11. The largest absolute Gasteiger partial charge is 0.483 e. The summed E-state index contributed by atoms with van der Waals surface area (Å²) in [6, 6.07) is 8.15. The van der Waals surface area contributed by atoms with Crippen molar-refractivity contribution in [3.8, 4) is 5.75 Å². The molecular weight excluding hydrogens is 367 g/mol. The molecule has 2 N–H and O–H groups in total. The zero-order valence-corrected chi connectivity index (χ0v) is 13.4. The molecule has 114 valence electrons. The fourth-order valence-electron chi connectivity index (χ4n) is 1.80. The second-order valence-electron chi connectivity index (χ2n) is 4.57. The maximum Gasteiger partial charge on any atom is 0.416 e. The van der Waals surface area contributed by atoms with Crippen molar-refractivity contribution in [1.29, 1.82) is 0 Å². The average molecular weight is 380 g/mol. The molecule has 0 saturated carbocycles. The van der Waals surface area contributed by atoms with Crippen LogP contribution < -0.4 is 10.5 Å². The molecule has 1 aromatic heterocycles. The maximum absolute atomic E-state index is 12.7. The van der Waals surface area contributed by atoms with Gasteiger partial charge in [0.25, 0.3) is 0 Å². The first-order valence-electron chi connectivity index (χ1n) is 6.12. The minimum atomic E-state index is -4.39. The summed E-state index contributed by atoms with van der Waals surface area (Å²) < 4.78 is 44.7. The Kier molecular flexibility index (Phi) is 4.95. The lowest BCUT2D eigenvalue weighted by atomic mass is 10.1. The van der Waals surface area contributed by atoms with Gasteiger partial charge < -0.3 is 10.5 Å². The van der Waals surface area contributed by atoms with Crippen molar-refractivity contribution in [3.05, 3.63) is 50.6 Å². The molecule has 2 rings (SSSR count). The van der Waals surface area contributed by atoms with E-state index in [0.29, 0.717) is 0 Å². The Balaban J connectivity index is 2.26. The Morgan fingerprint density at radius 2 is 1.95 bits per heavy atom. The van der Waals surface area contributed by atoms with Crippen molar-refractivity contribution in [2.24, 2.45) is 5.73 Å². The van der Waals surface area contributed by atoms with Crippen molar-refractivity contribution in [2.45, 2.75) is 25.2 Å². The van der Waals surface area contributed by atoms with Crippen molar-refractivity contribution in [1.82, 2.24) is 0 Å². The summed E-state index contributed by atoms with van der Waals surface area (Å²) >= 11 is 4.79. The maximum atomic E-state index is 12.7. The molecule has 0 radical (unpaired) electrons. The topological polar surface area (TPSA) is 35.2 Å². The van der Waals surface area contributed by atoms with Crippen LogP contribution in [-0.2, 0) is 6.18 Å². The predicted octanol–water partition coefficient (Wildman–Crippen LogP) is 5.00. The first-order chi connectivity index (χ1) is 9.77. The van der Waals surface area contributed by atoms with Gasteiger partial charge in [0, 0.05) is 10.9 Å². The SMILES string of the molecule is CC(N)C(Oc1cccc(C(F)(F)F)c1)c1ccc(Br)s1. The molecule has 2 atom stereocenters. The van der Waals surface area contributed by atoms with Gasteiger partial charge in [-0.2, -0.15) is 13.2 Å². The number of rotatable bonds is 4. The van der Waals surface area contributed by atoms with Gasteiger partial charge in [-0.15, -0.1) is 11.3 Å². The molecule has 0 saturated heterocycles. The summed E-state index contributed by atoms with van der Waals surface area (Å²) in [6.07, 6.45) is -4.89. The third-order valence-corrected chi connectivity index (χ3v) is 4.46. The normalized spacial score (nSPS) is 14.8. The van der Waals surface area contributed by atoms with Crippen LogP contribution in [0.3, 0.4) is 0 Å². The molecule has 0 amide bonds. The molecule has 21 heavy (non-hydrogen) atoms. The molecule has 0 bridgehead atoms. The summed E-state index contributed by atoms with van der Waals surface area (Å²) in [5.74, 6) is 0.150. The number of benzene rings is 1. The Morgan fingerprint density at radius 3 is 2.48 bits per heavy atom. The summed E-state index contributed by atoms with van der Waals surface area (Å²) in [7, 11) is 0. The molecule has 0 aliphatic carbocycles. The predicted molar refractivity (Wildman–Crippen MR) is 80.5 cm³/mol. The molecule has 0 spiro atoms. The molecule has 1 heterocycles. The van der Waals surface area contributed by atoms with Crippen LogP contribution in [0.15, 0.2) is 40.2 Å². The summed E-state index contributed by atoms with van der Waals surface area (Å²) in [4.78, 5) is 0.856. The quantitative estimate of drug-likeness (QED) is 0.811. The number of alkyl halides is 3. The zero-order valence-electron chi connectivity index (χ0n) is 11.0. The van der Waals surface area contributed by atoms with Crippen LogP contribution >= 0.6 is 27.3 Å². The van der Waals surface area contributed by atoms with Gasteiger partial charge in [0.2, 0.25) is 0 Å². The van der Waals surface area contributed by atoms with E-state index in [2.05, 4.69) is 15.9 Å². The van der Waals surface area contributed by atoms with E-state index in [1.165, 1.54) is 23.5 Å². The first kappa shape index (κ1) is 16.3. The smallest absolute Gasteiger partial charge is 0.416 e. The van der Waals surface area contributed by atoms with Gasteiger partial charge in [0.15, 0.2) is 0 Å². The van der Waals surface area contributed by atoms with E-state index in [1.807, 2.05) is 12.1 Å². The standard InChI is InChI=1S/C14H13BrF3NOS/c1-8(19)13(11-5-6-12(15)21-11)20-10-4-2-3-9(7-10)14(16,17)18/h2-8,13H,19H2,1H3. The van der Waals surface area contributed by atoms with Gasteiger partial charge in [-0.3, -0.25) is 0 Å². The fourth-order valence-corrected chi connectivity index (χ4v) is 3.37. The van der Waals surface area contributed by atoms with Crippen LogP contribution in [0.4, 0.5) is 13.2 Å². The molecule has 2 aromatic rings. The van der Waals surface area contributed by atoms with Gasteiger partial charge in [0.05, 0.1) is 9.35 Å². The van der Waals surface area contributed by atoms with Crippen LogP contribution in [-0.4, -0.2) is 6.04 Å². The molecule has 7 heteroatoms. The minimum Gasteiger partial charge on any atom is -0.483 e. The van der Waals surface area contributed by atoms with Crippen LogP contribution in [0.2, 0.25) is 0 Å². The van der Waals surface area contributed by atoms with E-state index < -0.39 is 17.8 Å². The first-order valence-corrected chi connectivity index (χ1v) is 7.73. The molecule has 0 aliphatic rings. The lowest BCUT2D eigenvalue weighted by Crippen LogP contribution is -2.28. The monoisotopic (exact) mass is 379 g/mol. The van der Waals surface area contributed by atoms with Gasteiger partial charge in [-0.25, -0.2) is 0 Å². The highest BCUT2D eigenvalue weighted by atomic mass is 79.9. The Morgan fingerprint density at radius 1 is 1.24 bits per heavy atom. The number of hydrogen-bond donors (Lipinski definition) is 1. The minimum absolute atomic E-state index is 0.150. The van der Waals surface area contributed by atoms with Gasteiger partial charge >= 0.3 is 6.18 Å². The van der Waals surface area contributed by atoms with E-state index >= 15 is 0 Å². The molecule has 1 aromatic carbocycles. The summed E-state index contributed by atoms with van der Waals surface area (Å²) in [6.45, 7) is 1.76. The molecule has 0 fully saturated rings. The van der Waals surface area contributed by atoms with Crippen LogP contribution in [0.1, 0.15) is 23.5 Å². The average Bonchev–Trinajstić information content (AvgIpc) is 2.81. The van der Waals surface area contributed by atoms with E-state index in [0.717, 1.165) is 20.8 Å². The summed E-state index contributed by atoms with van der Waals surface area (Å²) in [5, 5.41) is 0. The zero-order chi connectivity index (χ0) is 15.6. The molecule has 0 aliphatic heterocycles. The second kappa shape index (κ2) is 6.37. The Hall–Kier alpha value is -1.05. The Bertz CT molecular complexity index is 612. The number of halogens is 4. The highest BCUT2D eigenvalue weighted by Gasteiger charge is 2.31. The van der Waals surface area contributed by atoms with Crippen molar-refractivity contribution in [2.75, 3.05) is 0 Å². The third-order valence-electron chi connectivity index (χ3n) is 2.78.